The zero-order valence-electron chi connectivity index (χ0n) is 7.05. The third-order valence-electron chi connectivity index (χ3n) is 1.50. The second-order valence-electron chi connectivity index (χ2n) is 2.74. The van der Waals surface area contributed by atoms with Gasteiger partial charge in [-0.2, -0.15) is 0 Å². The van der Waals surface area contributed by atoms with E-state index in [1.54, 1.807) is 13.8 Å². The highest BCUT2D eigenvalue weighted by Crippen LogP contribution is 2.09. The van der Waals surface area contributed by atoms with Crippen LogP contribution in [0.4, 0.5) is 0 Å². The van der Waals surface area contributed by atoms with Crippen LogP contribution in [0, 0.1) is 11.8 Å². The molecule has 0 spiro atoms. The number of carbonyl (C=O) groups excluding carboxylic acids is 2. The molecule has 0 aliphatic rings. The molecule has 0 unspecified atom stereocenters. The minimum Gasteiger partial charge on any atom is -0.369 e. The summed E-state index contributed by atoms with van der Waals surface area (Å²) >= 11 is 0. The van der Waals surface area contributed by atoms with Gasteiger partial charge < -0.3 is 11.1 Å². The van der Waals surface area contributed by atoms with Crippen LogP contribution in [-0.4, -0.2) is 18.9 Å². The summed E-state index contributed by atoms with van der Waals surface area (Å²) in [5.74, 6) is -1.64. The molecule has 0 rings (SSSR count). The summed E-state index contributed by atoms with van der Waals surface area (Å²) in [6.07, 6.45) is 0. The molecule has 0 bridgehead atoms. The number of carbonyl (C=O) groups is 2. The van der Waals surface area contributed by atoms with Crippen LogP contribution in [0.25, 0.3) is 0 Å². The number of hydrogen-bond acceptors (Lipinski definition) is 2. The predicted octanol–water partition coefficient (Wildman–Crippen LogP) is -0.510. The molecule has 0 aromatic carbocycles. The van der Waals surface area contributed by atoms with E-state index in [2.05, 4.69) is 5.32 Å². The summed E-state index contributed by atoms with van der Waals surface area (Å²) in [7, 11) is 1.49. The van der Waals surface area contributed by atoms with E-state index in [-0.39, 0.29) is 11.8 Å². The SMILES string of the molecule is CNC(=O)[C@@H](C(N)=O)C(C)C. The first kappa shape index (κ1) is 9.94. The van der Waals surface area contributed by atoms with Crippen molar-refractivity contribution in [3.8, 4) is 0 Å². The van der Waals surface area contributed by atoms with Crippen LogP contribution in [0.2, 0.25) is 0 Å². The van der Waals surface area contributed by atoms with Gasteiger partial charge in [0.1, 0.15) is 5.92 Å². The zero-order valence-corrected chi connectivity index (χ0v) is 7.05. The number of amides is 2. The van der Waals surface area contributed by atoms with Crippen LogP contribution >= 0.6 is 0 Å². The lowest BCUT2D eigenvalue weighted by molar-refractivity contribution is -0.134. The highest BCUT2D eigenvalue weighted by Gasteiger charge is 2.26. The second kappa shape index (κ2) is 3.95. The average molecular weight is 158 g/mol. The van der Waals surface area contributed by atoms with Crippen molar-refractivity contribution in [2.24, 2.45) is 17.6 Å². The van der Waals surface area contributed by atoms with Gasteiger partial charge in [-0.05, 0) is 5.92 Å². The van der Waals surface area contributed by atoms with E-state index >= 15 is 0 Å². The Bertz CT molecular complexity index is 166. The molecule has 0 aliphatic carbocycles. The maximum Gasteiger partial charge on any atom is 0.232 e. The molecule has 2 amide bonds. The highest BCUT2D eigenvalue weighted by atomic mass is 16.2. The van der Waals surface area contributed by atoms with Gasteiger partial charge in [0.25, 0.3) is 0 Å². The lowest BCUT2D eigenvalue weighted by atomic mass is 9.94. The molecule has 3 N–H and O–H groups in total. The first-order valence-electron chi connectivity index (χ1n) is 3.51. The monoisotopic (exact) mass is 158 g/mol. The van der Waals surface area contributed by atoms with E-state index in [0.717, 1.165) is 0 Å². The van der Waals surface area contributed by atoms with Crippen molar-refractivity contribution in [2.45, 2.75) is 13.8 Å². The summed E-state index contributed by atoms with van der Waals surface area (Å²) in [5.41, 5.74) is 5.01. The van der Waals surface area contributed by atoms with Crippen LogP contribution in [0.3, 0.4) is 0 Å². The molecule has 0 radical (unpaired) electrons. The number of primary amides is 1. The molecule has 4 nitrogen and oxygen atoms in total. The minimum absolute atomic E-state index is 0.0487. The third kappa shape index (κ3) is 2.57. The maximum absolute atomic E-state index is 11.0. The molecule has 0 aromatic rings. The van der Waals surface area contributed by atoms with E-state index in [0.29, 0.717) is 0 Å². The number of rotatable bonds is 3. The molecule has 64 valence electrons. The van der Waals surface area contributed by atoms with E-state index < -0.39 is 11.8 Å². The average Bonchev–Trinajstić information content (AvgIpc) is 1.85. The van der Waals surface area contributed by atoms with Crippen LogP contribution in [0.1, 0.15) is 13.8 Å². The van der Waals surface area contributed by atoms with E-state index in [9.17, 15) is 9.59 Å². The Morgan fingerprint density at radius 2 is 1.82 bits per heavy atom. The van der Waals surface area contributed by atoms with Gasteiger partial charge in [0.15, 0.2) is 0 Å². The topological polar surface area (TPSA) is 72.2 Å². The number of nitrogens with one attached hydrogen (secondary N) is 1. The normalized spacial score (nSPS) is 12.7. The van der Waals surface area contributed by atoms with Crippen molar-refractivity contribution in [3.05, 3.63) is 0 Å². The smallest absolute Gasteiger partial charge is 0.232 e. The molecule has 11 heavy (non-hydrogen) atoms. The van der Waals surface area contributed by atoms with Crippen molar-refractivity contribution in [1.29, 1.82) is 0 Å². The van der Waals surface area contributed by atoms with Crippen molar-refractivity contribution >= 4 is 11.8 Å². The van der Waals surface area contributed by atoms with Gasteiger partial charge in [0.2, 0.25) is 11.8 Å². The summed E-state index contributed by atoms with van der Waals surface area (Å²) in [6, 6.07) is 0. The maximum atomic E-state index is 11.0. The summed E-state index contributed by atoms with van der Waals surface area (Å²) < 4.78 is 0. The first-order valence-corrected chi connectivity index (χ1v) is 3.51. The predicted molar refractivity (Wildman–Crippen MR) is 41.6 cm³/mol. The fourth-order valence-electron chi connectivity index (χ4n) is 0.916. The number of hydrogen-bond donors (Lipinski definition) is 2. The Labute approximate surface area is 66.1 Å². The van der Waals surface area contributed by atoms with E-state index in [1.165, 1.54) is 7.05 Å². The van der Waals surface area contributed by atoms with Crippen molar-refractivity contribution in [1.82, 2.24) is 5.32 Å². The third-order valence-corrected chi connectivity index (χ3v) is 1.50. The largest absolute Gasteiger partial charge is 0.369 e. The zero-order chi connectivity index (χ0) is 9.02. The lowest BCUT2D eigenvalue weighted by Crippen LogP contribution is -2.40. The van der Waals surface area contributed by atoms with E-state index in [4.69, 9.17) is 5.73 Å². The lowest BCUT2D eigenvalue weighted by Gasteiger charge is -2.14. The molecule has 0 saturated carbocycles. The Kier molecular flexibility index (Phi) is 3.57. The summed E-state index contributed by atoms with van der Waals surface area (Å²) in [5, 5.41) is 2.39. The van der Waals surface area contributed by atoms with Crippen molar-refractivity contribution < 1.29 is 9.59 Å². The van der Waals surface area contributed by atoms with Crippen LogP contribution < -0.4 is 11.1 Å². The van der Waals surface area contributed by atoms with Crippen molar-refractivity contribution in [2.75, 3.05) is 7.05 Å². The van der Waals surface area contributed by atoms with Gasteiger partial charge in [-0.25, -0.2) is 0 Å². The van der Waals surface area contributed by atoms with Gasteiger partial charge >= 0.3 is 0 Å². The van der Waals surface area contributed by atoms with Gasteiger partial charge in [0.05, 0.1) is 0 Å². The van der Waals surface area contributed by atoms with Gasteiger partial charge in [0, 0.05) is 7.05 Å². The van der Waals surface area contributed by atoms with Gasteiger partial charge in [-0.3, -0.25) is 9.59 Å². The fourth-order valence-corrected chi connectivity index (χ4v) is 0.916. The minimum atomic E-state index is -0.708. The molecule has 0 fully saturated rings. The first-order chi connectivity index (χ1) is 5.00. The number of nitrogens with two attached hydrogens (primary N) is 1. The molecule has 4 heteroatoms. The second-order valence-corrected chi connectivity index (χ2v) is 2.74. The van der Waals surface area contributed by atoms with E-state index in [1.807, 2.05) is 0 Å². The van der Waals surface area contributed by atoms with Crippen LogP contribution in [0.5, 0.6) is 0 Å². The van der Waals surface area contributed by atoms with Crippen LogP contribution in [0.15, 0.2) is 0 Å². The molecule has 0 heterocycles. The molecular weight excluding hydrogens is 144 g/mol. The van der Waals surface area contributed by atoms with Gasteiger partial charge in [-0.15, -0.1) is 0 Å². The Morgan fingerprint density at radius 3 is 1.91 bits per heavy atom. The highest BCUT2D eigenvalue weighted by molar-refractivity contribution is 5.99. The quantitative estimate of drug-likeness (QED) is 0.543. The van der Waals surface area contributed by atoms with Crippen molar-refractivity contribution in [3.63, 3.8) is 0 Å². The molecule has 0 aliphatic heterocycles. The molecule has 0 saturated heterocycles. The molecule has 0 aromatic heterocycles. The van der Waals surface area contributed by atoms with Gasteiger partial charge in [-0.1, -0.05) is 13.8 Å². The Balaban J connectivity index is 4.34. The van der Waals surface area contributed by atoms with Crippen LogP contribution in [-0.2, 0) is 9.59 Å². The summed E-state index contributed by atoms with van der Waals surface area (Å²) in [4.78, 5) is 21.7. The summed E-state index contributed by atoms with van der Waals surface area (Å²) in [6.45, 7) is 3.56. The Hall–Kier alpha value is -1.06. The molecule has 1 atom stereocenters. The molecular formula is C7H14N2O2. The standard InChI is InChI=1S/C7H14N2O2/c1-4(2)5(6(8)10)7(11)9-3/h4-5H,1-3H3,(H2,8,10)(H,9,11)/t5-/m1/s1. The Morgan fingerprint density at radius 1 is 1.36 bits per heavy atom. The fraction of sp³-hybridized carbons (Fsp3) is 0.714.